The highest BCUT2D eigenvalue weighted by Gasteiger charge is 2.26. The molecule has 17 heavy (non-hydrogen) atoms. The number of pyridine rings is 1. The van der Waals surface area contributed by atoms with E-state index >= 15 is 0 Å². The molecule has 0 amide bonds. The average Bonchev–Trinajstić information content (AvgIpc) is 2.33. The van der Waals surface area contributed by atoms with Crippen molar-refractivity contribution < 1.29 is 0 Å². The van der Waals surface area contributed by atoms with E-state index in [1.165, 1.54) is 36.9 Å². The number of nitrogens with zero attached hydrogens (tertiary/aromatic N) is 1. The van der Waals surface area contributed by atoms with Gasteiger partial charge >= 0.3 is 0 Å². The topological polar surface area (TPSA) is 24.9 Å². The molecule has 1 atom stereocenters. The zero-order valence-corrected chi connectivity index (χ0v) is 11.2. The molecular weight excluding hydrogens is 208 g/mol. The predicted molar refractivity (Wildman–Crippen MR) is 71.9 cm³/mol. The van der Waals surface area contributed by atoms with Gasteiger partial charge < -0.3 is 5.32 Å². The molecule has 1 saturated carbocycles. The standard InChI is InChI=1S/C15H24N2/c1-11-4-6-13(7-5-11)15(16-3)14-10-12(2)8-9-17-14/h8-11,13,15-16H,4-7H2,1-3H3. The number of hydrogen-bond donors (Lipinski definition) is 1. The second kappa shape index (κ2) is 5.63. The van der Waals surface area contributed by atoms with E-state index in [0.717, 1.165) is 11.8 Å². The van der Waals surface area contributed by atoms with Gasteiger partial charge in [-0.05, 0) is 56.3 Å². The largest absolute Gasteiger partial charge is 0.311 e. The second-order valence-electron chi connectivity index (χ2n) is 5.54. The molecule has 0 radical (unpaired) electrons. The minimum atomic E-state index is 0.433. The van der Waals surface area contributed by atoms with Gasteiger partial charge in [-0.2, -0.15) is 0 Å². The first-order valence-electron chi connectivity index (χ1n) is 6.80. The van der Waals surface area contributed by atoms with Gasteiger partial charge in [0.25, 0.3) is 0 Å². The van der Waals surface area contributed by atoms with Crippen molar-refractivity contribution in [2.45, 2.75) is 45.6 Å². The molecule has 94 valence electrons. The molecule has 1 N–H and O–H groups in total. The fourth-order valence-electron chi connectivity index (χ4n) is 2.97. The van der Waals surface area contributed by atoms with Gasteiger partial charge in [-0.1, -0.05) is 19.8 Å². The molecule has 0 saturated heterocycles. The molecule has 1 heterocycles. The summed E-state index contributed by atoms with van der Waals surface area (Å²) < 4.78 is 0. The third kappa shape index (κ3) is 3.06. The zero-order valence-electron chi connectivity index (χ0n) is 11.2. The number of nitrogens with one attached hydrogen (secondary N) is 1. The van der Waals surface area contributed by atoms with Crippen molar-refractivity contribution in [1.82, 2.24) is 10.3 Å². The summed E-state index contributed by atoms with van der Waals surface area (Å²) in [4.78, 5) is 4.54. The molecule has 1 unspecified atom stereocenters. The summed E-state index contributed by atoms with van der Waals surface area (Å²) in [5.41, 5.74) is 2.52. The molecule has 1 aliphatic carbocycles. The maximum absolute atomic E-state index is 4.54. The highest BCUT2D eigenvalue weighted by Crippen LogP contribution is 2.36. The van der Waals surface area contributed by atoms with Crippen LogP contribution in [0.1, 0.15) is 49.9 Å². The van der Waals surface area contributed by atoms with E-state index in [-0.39, 0.29) is 0 Å². The molecule has 0 aromatic carbocycles. The van der Waals surface area contributed by atoms with Gasteiger partial charge in [0.1, 0.15) is 0 Å². The smallest absolute Gasteiger partial charge is 0.0578 e. The van der Waals surface area contributed by atoms with Crippen LogP contribution in [0.4, 0.5) is 0 Å². The second-order valence-corrected chi connectivity index (χ2v) is 5.54. The summed E-state index contributed by atoms with van der Waals surface area (Å²) >= 11 is 0. The average molecular weight is 232 g/mol. The van der Waals surface area contributed by atoms with Gasteiger partial charge in [0.15, 0.2) is 0 Å². The van der Waals surface area contributed by atoms with E-state index in [0.29, 0.717) is 6.04 Å². The zero-order chi connectivity index (χ0) is 12.3. The minimum absolute atomic E-state index is 0.433. The van der Waals surface area contributed by atoms with Crippen molar-refractivity contribution in [3.05, 3.63) is 29.6 Å². The monoisotopic (exact) mass is 232 g/mol. The Labute approximate surface area is 105 Å². The molecule has 2 rings (SSSR count). The third-order valence-corrected chi connectivity index (χ3v) is 4.10. The Hall–Kier alpha value is -0.890. The van der Waals surface area contributed by atoms with Crippen LogP contribution in [0, 0.1) is 18.8 Å². The molecule has 1 fully saturated rings. The molecule has 2 heteroatoms. The molecule has 0 bridgehead atoms. The lowest BCUT2D eigenvalue weighted by atomic mass is 9.78. The number of aromatic nitrogens is 1. The molecule has 2 nitrogen and oxygen atoms in total. The number of aryl methyl sites for hydroxylation is 1. The highest BCUT2D eigenvalue weighted by molar-refractivity contribution is 5.18. The fraction of sp³-hybridized carbons (Fsp3) is 0.667. The quantitative estimate of drug-likeness (QED) is 0.863. The lowest BCUT2D eigenvalue weighted by Crippen LogP contribution is -2.29. The summed E-state index contributed by atoms with van der Waals surface area (Å²) in [6.45, 7) is 4.51. The third-order valence-electron chi connectivity index (χ3n) is 4.10. The highest BCUT2D eigenvalue weighted by atomic mass is 14.9. The van der Waals surface area contributed by atoms with E-state index in [1.54, 1.807) is 0 Å². The van der Waals surface area contributed by atoms with Crippen LogP contribution in [0.25, 0.3) is 0 Å². The molecule has 0 aliphatic heterocycles. The maximum atomic E-state index is 4.54. The summed E-state index contributed by atoms with van der Waals surface area (Å²) in [6, 6.07) is 4.72. The molecular formula is C15H24N2. The van der Waals surface area contributed by atoms with Crippen molar-refractivity contribution in [3.63, 3.8) is 0 Å². The Kier molecular flexibility index (Phi) is 4.16. The SMILES string of the molecule is CNC(c1cc(C)ccn1)C1CCC(C)CC1. The van der Waals surface area contributed by atoms with Crippen LogP contribution in [0.2, 0.25) is 0 Å². The van der Waals surface area contributed by atoms with Crippen LogP contribution in [0.15, 0.2) is 18.3 Å². The number of hydrogen-bond acceptors (Lipinski definition) is 2. The lowest BCUT2D eigenvalue weighted by Gasteiger charge is -2.32. The Balaban J connectivity index is 2.10. The van der Waals surface area contributed by atoms with Crippen LogP contribution < -0.4 is 5.32 Å². The van der Waals surface area contributed by atoms with Gasteiger partial charge in [-0.15, -0.1) is 0 Å². The maximum Gasteiger partial charge on any atom is 0.0578 e. The molecule has 0 spiro atoms. The van der Waals surface area contributed by atoms with E-state index in [2.05, 4.69) is 43.3 Å². The Morgan fingerprint density at radius 1 is 1.29 bits per heavy atom. The first kappa shape index (κ1) is 12.6. The van der Waals surface area contributed by atoms with E-state index in [9.17, 15) is 0 Å². The normalized spacial score (nSPS) is 26.8. The number of rotatable bonds is 3. The Morgan fingerprint density at radius 2 is 2.00 bits per heavy atom. The first-order chi connectivity index (χ1) is 8.20. The summed E-state index contributed by atoms with van der Waals surface area (Å²) in [7, 11) is 2.06. The van der Waals surface area contributed by atoms with Gasteiger partial charge in [0.2, 0.25) is 0 Å². The molecule has 1 aliphatic rings. The Bertz CT molecular complexity index is 354. The van der Waals surface area contributed by atoms with Crippen molar-refractivity contribution in [3.8, 4) is 0 Å². The van der Waals surface area contributed by atoms with Crippen LogP contribution in [-0.2, 0) is 0 Å². The predicted octanol–water partition coefficient (Wildman–Crippen LogP) is 3.48. The van der Waals surface area contributed by atoms with Gasteiger partial charge in [0.05, 0.1) is 11.7 Å². The van der Waals surface area contributed by atoms with Crippen LogP contribution in [0.5, 0.6) is 0 Å². The van der Waals surface area contributed by atoms with E-state index in [4.69, 9.17) is 0 Å². The van der Waals surface area contributed by atoms with E-state index in [1.807, 2.05) is 6.20 Å². The van der Waals surface area contributed by atoms with Crippen LogP contribution in [-0.4, -0.2) is 12.0 Å². The van der Waals surface area contributed by atoms with Gasteiger partial charge in [-0.25, -0.2) is 0 Å². The summed E-state index contributed by atoms with van der Waals surface area (Å²) in [5, 5.41) is 3.47. The van der Waals surface area contributed by atoms with Crippen LogP contribution >= 0.6 is 0 Å². The summed E-state index contributed by atoms with van der Waals surface area (Å²) in [5.74, 6) is 1.67. The minimum Gasteiger partial charge on any atom is -0.311 e. The van der Waals surface area contributed by atoms with Crippen LogP contribution in [0.3, 0.4) is 0 Å². The van der Waals surface area contributed by atoms with Gasteiger partial charge in [0, 0.05) is 6.20 Å². The lowest BCUT2D eigenvalue weighted by molar-refractivity contribution is 0.235. The van der Waals surface area contributed by atoms with E-state index < -0.39 is 0 Å². The Morgan fingerprint density at radius 3 is 2.59 bits per heavy atom. The fourth-order valence-corrected chi connectivity index (χ4v) is 2.97. The van der Waals surface area contributed by atoms with Gasteiger partial charge in [-0.3, -0.25) is 4.98 Å². The first-order valence-corrected chi connectivity index (χ1v) is 6.80. The van der Waals surface area contributed by atoms with Crippen molar-refractivity contribution in [1.29, 1.82) is 0 Å². The van der Waals surface area contributed by atoms with Crippen molar-refractivity contribution in [2.75, 3.05) is 7.05 Å². The molecule has 1 aromatic rings. The molecule has 1 aromatic heterocycles. The van der Waals surface area contributed by atoms with Crippen molar-refractivity contribution in [2.24, 2.45) is 11.8 Å². The summed E-state index contributed by atoms with van der Waals surface area (Å²) in [6.07, 6.45) is 7.34. The van der Waals surface area contributed by atoms with Crippen molar-refractivity contribution >= 4 is 0 Å².